The zero-order valence-electron chi connectivity index (χ0n) is 9.12. The predicted molar refractivity (Wildman–Crippen MR) is 56.8 cm³/mol. The Labute approximate surface area is 85.9 Å². The molecule has 2 atom stereocenters. The van der Waals surface area contributed by atoms with Crippen LogP contribution >= 0.6 is 0 Å². The van der Waals surface area contributed by atoms with E-state index >= 15 is 0 Å². The highest BCUT2D eigenvalue weighted by molar-refractivity contribution is 5.81. The number of rotatable bonds is 7. The van der Waals surface area contributed by atoms with Gasteiger partial charge >= 0.3 is 0 Å². The molecule has 4 heteroatoms. The molecule has 0 saturated carbocycles. The number of aliphatic hydroxyl groups excluding tert-OH is 1. The second kappa shape index (κ2) is 7.76. The quantitative estimate of drug-likeness (QED) is 0.559. The lowest BCUT2D eigenvalue weighted by Gasteiger charge is -2.17. The molecule has 14 heavy (non-hydrogen) atoms. The summed E-state index contributed by atoms with van der Waals surface area (Å²) in [5.74, 6) is -0.153. The summed E-state index contributed by atoms with van der Waals surface area (Å²) in [4.78, 5) is 11.4. The SMILES string of the molecule is CCCCC(N)C(=O)NC(CC)CO. The lowest BCUT2D eigenvalue weighted by atomic mass is 10.1. The van der Waals surface area contributed by atoms with Crippen molar-refractivity contribution in [3.8, 4) is 0 Å². The van der Waals surface area contributed by atoms with Crippen LogP contribution in [0.2, 0.25) is 0 Å². The van der Waals surface area contributed by atoms with Crippen LogP contribution in [0.3, 0.4) is 0 Å². The third-order valence-corrected chi connectivity index (χ3v) is 2.27. The van der Waals surface area contributed by atoms with Crippen molar-refractivity contribution in [2.24, 2.45) is 5.73 Å². The van der Waals surface area contributed by atoms with E-state index in [0.717, 1.165) is 19.3 Å². The molecule has 84 valence electrons. The highest BCUT2D eigenvalue weighted by Crippen LogP contribution is 1.99. The minimum absolute atomic E-state index is 0.0251. The van der Waals surface area contributed by atoms with Gasteiger partial charge in [-0.25, -0.2) is 0 Å². The number of aliphatic hydroxyl groups is 1. The molecule has 0 radical (unpaired) electrons. The van der Waals surface area contributed by atoms with Crippen molar-refractivity contribution in [3.63, 3.8) is 0 Å². The van der Waals surface area contributed by atoms with Crippen molar-refractivity contribution >= 4 is 5.91 Å². The molecule has 0 spiro atoms. The Kier molecular flexibility index (Phi) is 7.42. The number of unbranched alkanes of at least 4 members (excludes halogenated alkanes) is 1. The normalized spacial score (nSPS) is 14.9. The summed E-state index contributed by atoms with van der Waals surface area (Å²) in [6.07, 6.45) is 3.44. The maximum atomic E-state index is 11.4. The second-order valence-corrected chi connectivity index (χ2v) is 3.55. The number of hydrogen-bond acceptors (Lipinski definition) is 3. The van der Waals surface area contributed by atoms with Crippen molar-refractivity contribution in [1.29, 1.82) is 0 Å². The zero-order valence-corrected chi connectivity index (χ0v) is 9.12. The van der Waals surface area contributed by atoms with Crippen LogP contribution in [0, 0.1) is 0 Å². The number of hydrogen-bond donors (Lipinski definition) is 3. The maximum Gasteiger partial charge on any atom is 0.237 e. The summed E-state index contributed by atoms with van der Waals surface area (Å²) < 4.78 is 0. The van der Waals surface area contributed by atoms with Crippen molar-refractivity contribution in [1.82, 2.24) is 5.32 Å². The van der Waals surface area contributed by atoms with Crippen LogP contribution < -0.4 is 11.1 Å². The van der Waals surface area contributed by atoms with E-state index in [2.05, 4.69) is 12.2 Å². The van der Waals surface area contributed by atoms with E-state index in [4.69, 9.17) is 10.8 Å². The van der Waals surface area contributed by atoms with Gasteiger partial charge in [0.25, 0.3) is 0 Å². The van der Waals surface area contributed by atoms with Gasteiger partial charge in [-0.15, -0.1) is 0 Å². The smallest absolute Gasteiger partial charge is 0.237 e. The van der Waals surface area contributed by atoms with Crippen molar-refractivity contribution < 1.29 is 9.90 Å². The summed E-state index contributed by atoms with van der Waals surface area (Å²) in [7, 11) is 0. The Bertz CT molecular complexity index is 158. The van der Waals surface area contributed by atoms with E-state index in [0.29, 0.717) is 6.42 Å². The molecule has 0 aliphatic carbocycles. The molecule has 0 rings (SSSR count). The van der Waals surface area contributed by atoms with Gasteiger partial charge < -0.3 is 16.2 Å². The van der Waals surface area contributed by atoms with Crippen LogP contribution in [0.25, 0.3) is 0 Å². The molecular weight excluding hydrogens is 180 g/mol. The number of amides is 1. The first-order valence-corrected chi connectivity index (χ1v) is 5.32. The zero-order chi connectivity index (χ0) is 11.0. The summed E-state index contributed by atoms with van der Waals surface area (Å²) in [6.45, 7) is 3.95. The lowest BCUT2D eigenvalue weighted by molar-refractivity contribution is -0.123. The van der Waals surface area contributed by atoms with Gasteiger partial charge in [-0.1, -0.05) is 26.7 Å². The van der Waals surface area contributed by atoms with Gasteiger partial charge in [0.15, 0.2) is 0 Å². The molecule has 0 bridgehead atoms. The summed E-state index contributed by atoms with van der Waals surface area (Å²) in [5, 5.41) is 11.6. The molecule has 0 heterocycles. The van der Waals surface area contributed by atoms with Gasteiger partial charge in [0.2, 0.25) is 5.91 Å². The summed E-state index contributed by atoms with van der Waals surface area (Å²) >= 11 is 0. The fraction of sp³-hybridized carbons (Fsp3) is 0.900. The number of carbonyl (C=O) groups excluding carboxylic acids is 1. The van der Waals surface area contributed by atoms with Crippen LogP contribution in [0.15, 0.2) is 0 Å². The van der Waals surface area contributed by atoms with E-state index in [9.17, 15) is 4.79 Å². The largest absolute Gasteiger partial charge is 0.394 e. The average Bonchev–Trinajstić information content (AvgIpc) is 2.21. The van der Waals surface area contributed by atoms with Gasteiger partial charge in [-0.2, -0.15) is 0 Å². The molecule has 0 aromatic rings. The topological polar surface area (TPSA) is 75.4 Å². The summed E-state index contributed by atoms with van der Waals surface area (Å²) in [5.41, 5.74) is 5.67. The summed E-state index contributed by atoms with van der Waals surface area (Å²) in [6, 6.07) is -0.592. The molecule has 1 amide bonds. The number of carbonyl (C=O) groups is 1. The lowest BCUT2D eigenvalue weighted by Crippen LogP contribution is -2.46. The minimum atomic E-state index is -0.435. The third kappa shape index (κ3) is 5.19. The Morgan fingerprint density at radius 3 is 2.57 bits per heavy atom. The Morgan fingerprint density at radius 2 is 2.14 bits per heavy atom. The van der Waals surface area contributed by atoms with E-state index in [1.807, 2.05) is 6.92 Å². The number of nitrogens with one attached hydrogen (secondary N) is 1. The third-order valence-electron chi connectivity index (χ3n) is 2.27. The Balaban J connectivity index is 3.81. The van der Waals surface area contributed by atoms with Gasteiger partial charge in [0.1, 0.15) is 0 Å². The molecule has 4 nitrogen and oxygen atoms in total. The standard InChI is InChI=1S/C10H22N2O2/c1-3-5-6-9(11)10(14)12-8(4-2)7-13/h8-9,13H,3-7,11H2,1-2H3,(H,12,14). The van der Waals surface area contributed by atoms with E-state index < -0.39 is 6.04 Å². The van der Waals surface area contributed by atoms with Gasteiger partial charge in [-0.3, -0.25) is 4.79 Å². The van der Waals surface area contributed by atoms with Gasteiger partial charge in [0, 0.05) is 0 Å². The van der Waals surface area contributed by atoms with Crippen LogP contribution in [0.4, 0.5) is 0 Å². The first-order valence-electron chi connectivity index (χ1n) is 5.32. The molecule has 0 saturated heterocycles. The van der Waals surface area contributed by atoms with Gasteiger partial charge in [-0.05, 0) is 12.8 Å². The fourth-order valence-electron chi connectivity index (χ4n) is 1.14. The highest BCUT2D eigenvalue weighted by Gasteiger charge is 2.15. The number of nitrogens with two attached hydrogens (primary N) is 1. The van der Waals surface area contributed by atoms with Crippen LogP contribution in [-0.2, 0) is 4.79 Å². The molecule has 2 unspecified atom stereocenters. The van der Waals surface area contributed by atoms with E-state index in [-0.39, 0.29) is 18.6 Å². The van der Waals surface area contributed by atoms with E-state index in [1.165, 1.54) is 0 Å². The molecule has 0 aromatic carbocycles. The molecular formula is C10H22N2O2. The Morgan fingerprint density at radius 1 is 1.50 bits per heavy atom. The van der Waals surface area contributed by atoms with E-state index in [1.54, 1.807) is 0 Å². The first kappa shape index (κ1) is 13.4. The fourth-order valence-corrected chi connectivity index (χ4v) is 1.14. The van der Waals surface area contributed by atoms with Crippen LogP contribution in [0.1, 0.15) is 39.5 Å². The van der Waals surface area contributed by atoms with Crippen molar-refractivity contribution in [2.75, 3.05) is 6.61 Å². The molecule has 0 aliphatic rings. The highest BCUT2D eigenvalue weighted by atomic mass is 16.3. The minimum Gasteiger partial charge on any atom is -0.394 e. The predicted octanol–water partition coefficient (Wildman–Crippen LogP) is 0.391. The van der Waals surface area contributed by atoms with Crippen molar-refractivity contribution in [2.45, 2.75) is 51.6 Å². The monoisotopic (exact) mass is 202 g/mol. The first-order chi connectivity index (χ1) is 6.65. The molecule has 0 aromatic heterocycles. The van der Waals surface area contributed by atoms with Crippen LogP contribution in [-0.4, -0.2) is 29.7 Å². The Hall–Kier alpha value is -0.610. The molecule has 0 fully saturated rings. The second-order valence-electron chi connectivity index (χ2n) is 3.55. The van der Waals surface area contributed by atoms with Crippen molar-refractivity contribution in [3.05, 3.63) is 0 Å². The van der Waals surface area contributed by atoms with Crippen LogP contribution in [0.5, 0.6) is 0 Å². The van der Waals surface area contributed by atoms with Gasteiger partial charge in [0.05, 0.1) is 18.7 Å². The maximum absolute atomic E-state index is 11.4. The average molecular weight is 202 g/mol. The molecule has 0 aliphatic heterocycles. The molecule has 4 N–H and O–H groups in total.